The average molecular weight is 436 g/mol. The molecule has 0 saturated heterocycles. The average Bonchev–Trinajstić information content (AvgIpc) is 2.78. The highest BCUT2D eigenvalue weighted by Gasteiger charge is 2.13. The molecule has 3 aromatic rings. The van der Waals surface area contributed by atoms with E-state index in [0.29, 0.717) is 12.1 Å². The molecule has 3 rings (SSSR count). The lowest BCUT2D eigenvalue weighted by Crippen LogP contribution is -2.12. The van der Waals surface area contributed by atoms with E-state index in [0.717, 1.165) is 29.5 Å². The molecular formula is C25H25NO4S. The van der Waals surface area contributed by atoms with Gasteiger partial charge in [0.1, 0.15) is 0 Å². The summed E-state index contributed by atoms with van der Waals surface area (Å²) in [5, 5.41) is 8.79. The third kappa shape index (κ3) is 6.55. The molecule has 0 saturated carbocycles. The van der Waals surface area contributed by atoms with E-state index in [1.807, 2.05) is 42.5 Å². The second kappa shape index (κ2) is 10.6. The summed E-state index contributed by atoms with van der Waals surface area (Å²) < 4.78 is 27.7. The summed E-state index contributed by atoms with van der Waals surface area (Å²) in [4.78, 5) is 10.9. The number of benzene rings is 3. The maximum absolute atomic E-state index is 12.5. The van der Waals surface area contributed by atoms with E-state index < -0.39 is 16.0 Å². The van der Waals surface area contributed by atoms with Gasteiger partial charge in [0.25, 0.3) is 10.0 Å². The molecule has 0 unspecified atom stereocenters. The van der Waals surface area contributed by atoms with Crippen LogP contribution in [0.1, 0.15) is 36.8 Å². The molecule has 0 aliphatic rings. The maximum atomic E-state index is 12.5. The van der Waals surface area contributed by atoms with Crippen LogP contribution in [0.15, 0.2) is 95.9 Å². The molecule has 0 spiro atoms. The molecule has 6 heteroatoms. The third-order valence-corrected chi connectivity index (χ3v) is 6.18. The van der Waals surface area contributed by atoms with Gasteiger partial charge in [-0.3, -0.25) is 9.52 Å². The Balaban J connectivity index is 1.78. The summed E-state index contributed by atoms with van der Waals surface area (Å²) in [6, 6.07) is 25.5. The fourth-order valence-corrected chi connectivity index (χ4v) is 4.30. The lowest BCUT2D eigenvalue weighted by molar-refractivity contribution is -0.137. The van der Waals surface area contributed by atoms with Crippen LogP contribution in [0.2, 0.25) is 0 Å². The Bertz CT molecular complexity index is 1120. The van der Waals surface area contributed by atoms with Crippen molar-refractivity contribution in [3.05, 3.63) is 102 Å². The van der Waals surface area contributed by atoms with Crippen LogP contribution in [0.3, 0.4) is 0 Å². The van der Waals surface area contributed by atoms with Gasteiger partial charge in [0.05, 0.1) is 4.90 Å². The summed E-state index contributed by atoms with van der Waals surface area (Å²) in [5.41, 5.74) is 3.54. The van der Waals surface area contributed by atoms with Crippen LogP contribution in [0.4, 0.5) is 5.69 Å². The van der Waals surface area contributed by atoms with Crippen LogP contribution in [0.25, 0.3) is 5.57 Å². The van der Waals surface area contributed by atoms with Crippen LogP contribution in [0, 0.1) is 0 Å². The lowest BCUT2D eigenvalue weighted by atomic mass is 9.96. The zero-order valence-corrected chi connectivity index (χ0v) is 17.9. The standard InChI is InChI=1S/C25H25NO4S/c27-25(28)15-9-3-8-14-24(20-10-4-1-5-11-20)21-16-18-22(19-17-21)26-31(29,30)23-12-6-2-7-13-23/h1-2,4-7,10-14,16-19,26H,3,8-9,15H2,(H,27,28)/b24-14-. The van der Waals surface area contributed by atoms with Gasteiger partial charge in [-0.25, -0.2) is 8.42 Å². The summed E-state index contributed by atoms with van der Waals surface area (Å²) in [6.45, 7) is 0. The maximum Gasteiger partial charge on any atom is 0.303 e. The SMILES string of the molecule is O=C(O)CCCC/C=C(/c1ccccc1)c1ccc(NS(=O)(=O)c2ccccc2)cc1. The molecule has 0 atom stereocenters. The van der Waals surface area contributed by atoms with Crippen molar-refractivity contribution in [2.45, 2.75) is 30.6 Å². The number of hydrogen-bond donors (Lipinski definition) is 2. The fourth-order valence-electron chi connectivity index (χ4n) is 3.22. The number of unbranched alkanes of at least 4 members (excludes halogenated alkanes) is 2. The smallest absolute Gasteiger partial charge is 0.303 e. The first-order valence-corrected chi connectivity index (χ1v) is 11.6. The first-order chi connectivity index (χ1) is 15.0. The van der Waals surface area contributed by atoms with E-state index in [2.05, 4.69) is 10.8 Å². The van der Waals surface area contributed by atoms with Crippen molar-refractivity contribution in [3.63, 3.8) is 0 Å². The van der Waals surface area contributed by atoms with Crippen molar-refractivity contribution in [3.8, 4) is 0 Å². The van der Waals surface area contributed by atoms with Gasteiger partial charge in [0.15, 0.2) is 0 Å². The molecule has 0 aliphatic carbocycles. The summed E-state index contributed by atoms with van der Waals surface area (Å²) in [7, 11) is -3.64. The molecule has 0 heterocycles. The van der Waals surface area contributed by atoms with E-state index in [-0.39, 0.29) is 11.3 Å². The molecule has 0 bridgehead atoms. The number of carboxylic acids is 1. The number of sulfonamides is 1. The minimum absolute atomic E-state index is 0.171. The van der Waals surface area contributed by atoms with E-state index in [1.54, 1.807) is 42.5 Å². The molecule has 5 nitrogen and oxygen atoms in total. The van der Waals surface area contributed by atoms with Crippen molar-refractivity contribution in [2.24, 2.45) is 0 Å². The minimum atomic E-state index is -3.64. The number of allylic oxidation sites excluding steroid dienone is 1. The fraction of sp³-hybridized carbons (Fsp3) is 0.160. The number of nitrogens with one attached hydrogen (secondary N) is 1. The molecule has 0 aromatic heterocycles. The minimum Gasteiger partial charge on any atom is -0.481 e. The number of aliphatic carboxylic acids is 1. The second-order valence-corrected chi connectivity index (χ2v) is 8.80. The summed E-state index contributed by atoms with van der Waals surface area (Å²) in [6.07, 6.45) is 4.47. The lowest BCUT2D eigenvalue weighted by Gasteiger charge is -2.12. The van der Waals surface area contributed by atoms with Gasteiger partial charge in [0.2, 0.25) is 0 Å². The number of carbonyl (C=O) groups is 1. The molecule has 31 heavy (non-hydrogen) atoms. The number of anilines is 1. The largest absolute Gasteiger partial charge is 0.481 e. The van der Waals surface area contributed by atoms with Gasteiger partial charge in [-0.1, -0.05) is 66.7 Å². The Kier molecular flexibility index (Phi) is 7.62. The van der Waals surface area contributed by atoms with Crippen molar-refractivity contribution in [1.82, 2.24) is 0 Å². The van der Waals surface area contributed by atoms with E-state index in [9.17, 15) is 13.2 Å². The van der Waals surface area contributed by atoms with Gasteiger partial charge in [-0.05, 0) is 60.2 Å². The summed E-state index contributed by atoms with van der Waals surface area (Å²) >= 11 is 0. The Morgan fingerprint density at radius 3 is 2.00 bits per heavy atom. The van der Waals surface area contributed by atoms with Gasteiger partial charge >= 0.3 is 5.97 Å². The second-order valence-electron chi connectivity index (χ2n) is 7.12. The highest BCUT2D eigenvalue weighted by Crippen LogP contribution is 2.26. The molecule has 0 radical (unpaired) electrons. The van der Waals surface area contributed by atoms with Crippen molar-refractivity contribution in [1.29, 1.82) is 0 Å². The first kappa shape index (κ1) is 22.3. The molecule has 160 valence electrons. The van der Waals surface area contributed by atoms with Crippen molar-refractivity contribution >= 4 is 27.3 Å². The van der Waals surface area contributed by atoms with Crippen LogP contribution in [-0.2, 0) is 14.8 Å². The van der Waals surface area contributed by atoms with Crippen LogP contribution < -0.4 is 4.72 Å². The highest BCUT2D eigenvalue weighted by molar-refractivity contribution is 7.92. The number of carboxylic acid groups (broad SMARTS) is 1. The van der Waals surface area contributed by atoms with Gasteiger partial charge in [-0.2, -0.15) is 0 Å². The van der Waals surface area contributed by atoms with E-state index in [4.69, 9.17) is 5.11 Å². The highest BCUT2D eigenvalue weighted by atomic mass is 32.2. The first-order valence-electron chi connectivity index (χ1n) is 10.1. The molecule has 2 N–H and O–H groups in total. The van der Waals surface area contributed by atoms with Gasteiger partial charge < -0.3 is 5.11 Å². The molecular weight excluding hydrogens is 410 g/mol. The molecule has 3 aromatic carbocycles. The van der Waals surface area contributed by atoms with E-state index in [1.165, 1.54) is 0 Å². The van der Waals surface area contributed by atoms with E-state index >= 15 is 0 Å². The predicted molar refractivity (Wildman–Crippen MR) is 123 cm³/mol. The van der Waals surface area contributed by atoms with Crippen LogP contribution in [-0.4, -0.2) is 19.5 Å². The zero-order chi connectivity index (χ0) is 22.1. The third-order valence-electron chi connectivity index (χ3n) is 4.78. The zero-order valence-electron chi connectivity index (χ0n) is 17.1. The van der Waals surface area contributed by atoms with Crippen molar-refractivity contribution in [2.75, 3.05) is 4.72 Å². The normalized spacial score (nSPS) is 11.8. The monoisotopic (exact) mass is 435 g/mol. The Morgan fingerprint density at radius 1 is 0.806 bits per heavy atom. The Morgan fingerprint density at radius 2 is 1.39 bits per heavy atom. The van der Waals surface area contributed by atoms with Gasteiger partial charge in [0, 0.05) is 12.1 Å². The van der Waals surface area contributed by atoms with Gasteiger partial charge in [-0.15, -0.1) is 0 Å². The topological polar surface area (TPSA) is 83.5 Å². The van der Waals surface area contributed by atoms with Crippen molar-refractivity contribution < 1.29 is 18.3 Å². The predicted octanol–water partition coefficient (Wildman–Crippen LogP) is 5.56. The Labute approximate surface area is 183 Å². The molecule has 0 amide bonds. The van der Waals surface area contributed by atoms with Crippen LogP contribution in [0.5, 0.6) is 0 Å². The van der Waals surface area contributed by atoms with Crippen LogP contribution >= 0.6 is 0 Å². The summed E-state index contributed by atoms with van der Waals surface area (Å²) in [5.74, 6) is -0.777. The molecule has 0 fully saturated rings. The number of hydrogen-bond acceptors (Lipinski definition) is 3. The quantitative estimate of drug-likeness (QED) is 0.408. The molecule has 0 aliphatic heterocycles. The Hall–Kier alpha value is -3.38. The number of rotatable bonds is 10.